The molecule has 100 valence electrons. The highest BCUT2D eigenvalue weighted by Crippen LogP contribution is 2.35. The molecule has 3 rings (SSSR count). The zero-order valence-electron chi connectivity index (χ0n) is 9.53. The van der Waals surface area contributed by atoms with Crippen molar-refractivity contribution in [1.82, 2.24) is 14.5 Å². The molecule has 0 spiro atoms. The van der Waals surface area contributed by atoms with Gasteiger partial charge in [0.1, 0.15) is 35.1 Å². The van der Waals surface area contributed by atoms with Gasteiger partial charge >= 0.3 is 0 Å². The zero-order valence-corrected chi connectivity index (χ0v) is 9.53. The summed E-state index contributed by atoms with van der Waals surface area (Å²) in [5, 5.41) is 19.2. The first-order valence-electron chi connectivity index (χ1n) is 5.50. The maximum Gasteiger partial charge on any atom is 0.167 e. The summed E-state index contributed by atoms with van der Waals surface area (Å²) in [4.78, 5) is 7.47. The number of anilines is 1. The van der Waals surface area contributed by atoms with Crippen molar-refractivity contribution < 1.29 is 19.0 Å². The van der Waals surface area contributed by atoms with E-state index >= 15 is 0 Å². The summed E-state index contributed by atoms with van der Waals surface area (Å²) in [6.07, 6.45) is 0.181. The minimum atomic E-state index is -1.41. The molecular formula is C11H10F2N4O2. The van der Waals surface area contributed by atoms with Gasteiger partial charge in [-0.15, -0.1) is 0 Å². The van der Waals surface area contributed by atoms with Crippen LogP contribution in [0, 0.1) is 5.82 Å². The van der Waals surface area contributed by atoms with Gasteiger partial charge in [0.15, 0.2) is 11.6 Å². The standard InChI is InChI=1S/C11H10F2N4O2/c12-4-1-6(18)10(19)9(4)17-3-16-7-8(17)5(13)2-15-11(7)14/h1-3,6,9-10,18-19H,(H2,14,15)/t6-,9-,10-/m1/s1. The molecule has 0 saturated heterocycles. The van der Waals surface area contributed by atoms with Crippen LogP contribution in [0.25, 0.3) is 11.0 Å². The van der Waals surface area contributed by atoms with Gasteiger partial charge < -0.3 is 20.5 Å². The molecule has 0 fully saturated rings. The van der Waals surface area contributed by atoms with E-state index in [-0.39, 0.29) is 16.9 Å². The number of hydrogen-bond donors (Lipinski definition) is 3. The number of fused-ring (bicyclic) bond motifs is 1. The first-order valence-corrected chi connectivity index (χ1v) is 5.50. The van der Waals surface area contributed by atoms with Gasteiger partial charge in [0.25, 0.3) is 0 Å². The Morgan fingerprint density at radius 2 is 2.00 bits per heavy atom. The Morgan fingerprint density at radius 3 is 2.63 bits per heavy atom. The number of halogens is 2. The molecule has 0 saturated carbocycles. The molecule has 1 aliphatic carbocycles. The molecule has 0 amide bonds. The topological polar surface area (TPSA) is 97.2 Å². The molecule has 3 atom stereocenters. The van der Waals surface area contributed by atoms with Crippen LogP contribution in [0.4, 0.5) is 14.6 Å². The smallest absolute Gasteiger partial charge is 0.167 e. The van der Waals surface area contributed by atoms with Crippen LogP contribution >= 0.6 is 0 Å². The predicted molar refractivity (Wildman–Crippen MR) is 62.1 cm³/mol. The molecule has 0 radical (unpaired) electrons. The summed E-state index contributed by atoms with van der Waals surface area (Å²) in [5.74, 6) is -1.48. The van der Waals surface area contributed by atoms with Crippen LogP contribution in [-0.2, 0) is 0 Å². The van der Waals surface area contributed by atoms with E-state index in [9.17, 15) is 19.0 Å². The Hall–Kier alpha value is -2.06. The fourth-order valence-electron chi connectivity index (χ4n) is 2.25. The molecular weight excluding hydrogens is 258 g/mol. The maximum atomic E-state index is 13.8. The number of imidazole rings is 1. The van der Waals surface area contributed by atoms with Crippen LogP contribution in [0.3, 0.4) is 0 Å². The molecule has 4 N–H and O–H groups in total. The number of rotatable bonds is 1. The van der Waals surface area contributed by atoms with Gasteiger partial charge in [-0.3, -0.25) is 0 Å². The first-order chi connectivity index (χ1) is 9.00. The lowest BCUT2D eigenvalue weighted by Crippen LogP contribution is -2.28. The molecule has 1 aliphatic rings. The molecule has 8 heteroatoms. The van der Waals surface area contributed by atoms with Crippen LogP contribution < -0.4 is 5.73 Å². The van der Waals surface area contributed by atoms with Crippen molar-refractivity contribution in [3.8, 4) is 0 Å². The second kappa shape index (κ2) is 3.97. The van der Waals surface area contributed by atoms with Crippen LogP contribution in [0.2, 0.25) is 0 Å². The van der Waals surface area contributed by atoms with E-state index in [1.807, 2.05) is 0 Å². The number of nitrogen functional groups attached to an aromatic ring is 1. The van der Waals surface area contributed by atoms with Gasteiger partial charge in [0.2, 0.25) is 0 Å². The van der Waals surface area contributed by atoms with Crippen LogP contribution in [0.15, 0.2) is 24.4 Å². The van der Waals surface area contributed by atoms with Gasteiger partial charge in [0, 0.05) is 0 Å². The fourth-order valence-corrected chi connectivity index (χ4v) is 2.25. The molecule has 6 nitrogen and oxygen atoms in total. The number of nitrogens with zero attached hydrogens (tertiary/aromatic N) is 3. The molecule has 2 aromatic heterocycles. The Kier molecular flexibility index (Phi) is 2.51. The number of pyridine rings is 1. The van der Waals surface area contributed by atoms with Gasteiger partial charge in [0.05, 0.1) is 12.5 Å². The second-order valence-corrected chi connectivity index (χ2v) is 4.32. The number of aromatic nitrogens is 3. The average molecular weight is 268 g/mol. The number of aliphatic hydroxyl groups is 2. The van der Waals surface area contributed by atoms with Crippen molar-refractivity contribution in [3.63, 3.8) is 0 Å². The van der Waals surface area contributed by atoms with Gasteiger partial charge in [-0.25, -0.2) is 18.7 Å². The van der Waals surface area contributed by atoms with Crippen molar-refractivity contribution in [2.45, 2.75) is 18.2 Å². The molecule has 0 aromatic carbocycles. The van der Waals surface area contributed by atoms with Gasteiger partial charge in [-0.1, -0.05) is 0 Å². The normalized spacial score (nSPS) is 26.9. The van der Waals surface area contributed by atoms with E-state index in [0.717, 1.165) is 23.2 Å². The zero-order chi connectivity index (χ0) is 13.7. The van der Waals surface area contributed by atoms with E-state index in [1.165, 1.54) is 0 Å². The lowest BCUT2D eigenvalue weighted by atomic mass is 10.1. The summed E-state index contributed by atoms with van der Waals surface area (Å²) >= 11 is 0. The predicted octanol–water partition coefficient (Wildman–Crippen LogP) is 0.283. The SMILES string of the molecule is Nc1ncc(F)c2c1ncn2[C@@H]1C(F)=C[C@@H](O)[C@H]1O. The van der Waals surface area contributed by atoms with Crippen LogP contribution in [0.5, 0.6) is 0 Å². The quantitative estimate of drug-likeness (QED) is 0.690. The van der Waals surface area contributed by atoms with E-state index in [2.05, 4.69) is 9.97 Å². The largest absolute Gasteiger partial charge is 0.387 e. The minimum absolute atomic E-state index is 0.00701. The van der Waals surface area contributed by atoms with Crippen LogP contribution in [-0.4, -0.2) is 37.0 Å². The highest BCUT2D eigenvalue weighted by molar-refractivity contribution is 5.85. The number of aliphatic hydroxyl groups excluding tert-OH is 2. The Bertz CT molecular complexity index is 685. The Balaban J connectivity index is 2.22. The molecule has 19 heavy (non-hydrogen) atoms. The Morgan fingerprint density at radius 1 is 1.26 bits per heavy atom. The third-order valence-corrected chi connectivity index (χ3v) is 3.17. The average Bonchev–Trinajstić information content (AvgIpc) is 2.88. The fraction of sp³-hybridized carbons (Fsp3) is 0.273. The molecule has 0 unspecified atom stereocenters. The van der Waals surface area contributed by atoms with E-state index < -0.39 is 29.9 Å². The Labute approximate surface area is 105 Å². The summed E-state index contributed by atoms with van der Waals surface area (Å²) in [6.45, 7) is 0. The molecule has 2 heterocycles. The van der Waals surface area contributed by atoms with Gasteiger partial charge in [-0.2, -0.15) is 0 Å². The highest BCUT2D eigenvalue weighted by Gasteiger charge is 2.38. The maximum absolute atomic E-state index is 13.8. The minimum Gasteiger partial charge on any atom is -0.387 e. The summed E-state index contributed by atoms with van der Waals surface area (Å²) in [7, 11) is 0. The second-order valence-electron chi connectivity index (χ2n) is 4.32. The summed E-state index contributed by atoms with van der Waals surface area (Å²) < 4.78 is 28.6. The summed E-state index contributed by atoms with van der Waals surface area (Å²) in [5.41, 5.74) is 5.58. The summed E-state index contributed by atoms with van der Waals surface area (Å²) in [6, 6.07) is -1.23. The van der Waals surface area contributed by atoms with Crippen molar-refractivity contribution in [3.05, 3.63) is 30.2 Å². The van der Waals surface area contributed by atoms with E-state index in [1.54, 1.807) is 0 Å². The molecule has 0 aliphatic heterocycles. The molecule has 0 bridgehead atoms. The van der Waals surface area contributed by atoms with Crippen molar-refractivity contribution >= 4 is 16.9 Å². The number of nitrogens with two attached hydrogens (primary N) is 1. The van der Waals surface area contributed by atoms with E-state index in [4.69, 9.17) is 5.73 Å². The highest BCUT2D eigenvalue weighted by atomic mass is 19.1. The van der Waals surface area contributed by atoms with E-state index in [0.29, 0.717) is 0 Å². The third kappa shape index (κ3) is 1.60. The number of hydrogen-bond acceptors (Lipinski definition) is 5. The lowest BCUT2D eigenvalue weighted by molar-refractivity contribution is 0.0338. The lowest BCUT2D eigenvalue weighted by Gasteiger charge is -2.19. The van der Waals surface area contributed by atoms with Crippen LogP contribution in [0.1, 0.15) is 6.04 Å². The van der Waals surface area contributed by atoms with Crippen molar-refractivity contribution in [2.75, 3.05) is 5.73 Å². The van der Waals surface area contributed by atoms with Gasteiger partial charge in [-0.05, 0) is 6.08 Å². The van der Waals surface area contributed by atoms with Crippen molar-refractivity contribution in [1.29, 1.82) is 0 Å². The van der Waals surface area contributed by atoms with Crippen molar-refractivity contribution in [2.24, 2.45) is 0 Å². The first kappa shape index (κ1) is 12.0. The monoisotopic (exact) mass is 268 g/mol. The molecule has 2 aromatic rings. The third-order valence-electron chi connectivity index (χ3n) is 3.17.